The van der Waals surface area contributed by atoms with Gasteiger partial charge in [-0.25, -0.2) is 0 Å². The molecule has 2 unspecified atom stereocenters. The lowest BCUT2D eigenvalue weighted by molar-refractivity contribution is 0.201. The molecular weight excluding hydrogens is 134 g/mol. The predicted octanol–water partition coefficient (Wildman–Crippen LogP) is 0.203. The van der Waals surface area contributed by atoms with Crippen molar-refractivity contribution in [1.82, 2.24) is 0 Å². The Morgan fingerprint density at radius 1 is 1.33 bits per heavy atom. The molecule has 2 rings (SSSR count). The van der Waals surface area contributed by atoms with Gasteiger partial charge in [0.1, 0.15) is 4.87 Å². The van der Waals surface area contributed by atoms with Crippen molar-refractivity contribution in [2.75, 3.05) is 0 Å². The highest BCUT2D eigenvalue weighted by Gasteiger charge is 2.64. The van der Waals surface area contributed by atoms with Gasteiger partial charge >= 0.3 is 0 Å². The molecule has 1 heterocycles. The third-order valence-corrected chi connectivity index (χ3v) is 2.99. The van der Waals surface area contributed by atoms with Crippen LogP contribution in [0.5, 0.6) is 0 Å². The zero-order valence-electron chi connectivity index (χ0n) is 4.74. The molecule has 9 heavy (non-hydrogen) atoms. The lowest BCUT2D eigenvalue weighted by atomic mass is 10.1. The Labute approximate surface area is 57.4 Å². The fourth-order valence-electron chi connectivity index (χ4n) is 0.934. The van der Waals surface area contributed by atoms with E-state index in [2.05, 4.69) is 0 Å². The normalized spacial score (nSPS) is 53.1. The molecule has 0 amide bonds. The predicted molar refractivity (Wildman–Crippen MR) is 37.7 cm³/mol. The number of aliphatic hydroxyl groups is 1. The molecule has 2 nitrogen and oxygen atoms in total. The van der Waals surface area contributed by atoms with Crippen molar-refractivity contribution in [3.8, 4) is 0 Å². The van der Waals surface area contributed by atoms with E-state index >= 15 is 0 Å². The molecule has 0 aromatic rings. The number of allylic oxidation sites excluding steroid dienone is 2. The van der Waals surface area contributed by atoms with Crippen LogP contribution < -0.4 is 5.73 Å². The highest BCUT2D eigenvalue weighted by molar-refractivity contribution is 8.09. The topological polar surface area (TPSA) is 46.2 Å². The Bertz CT molecular complexity index is 191. The monoisotopic (exact) mass is 141 g/mol. The number of fused-ring (bicyclic) bond motifs is 1. The summed E-state index contributed by atoms with van der Waals surface area (Å²) >= 11 is 1.36. The molecule has 0 radical (unpaired) electrons. The molecular formula is C6H7NOS. The molecule has 0 saturated carbocycles. The zero-order valence-corrected chi connectivity index (χ0v) is 5.56. The second-order valence-electron chi connectivity index (χ2n) is 2.31. The van der Waals surface area contributed by atoms with Crippen molar-refractivity contribution < 1.29 is 5.11 Å². The van der Waals surface area contributed by atoms with E-state index in [0.29, 0.717) is 0 Å². The van der Waals surface area contributed by atoms with Gasteiger partial charge in [-0.3, -0.25) is 0 Å². The molecule has 0 bridgehead atoms. The average molecular weight is 141 g/mol. The highest BCUT2D eigenvalue weighted by Crippen LogP contribution is 2.61. The second kappa shape index (κ2) is 1.26. The summed E-state index contributed by atoms with van der Waals surface area (Å²) in [5.41, 5.74) is 5.66. The van der Waals surface area contributed by atoms with Crippen LogP contribution in [0.4, 0.5) is 0 Å². The van der Waals surface area contributed by atoms with Crippen LogP contribution >= 0.6 is 11.8 Å². The Morgan fingerprint density at radius 3 is 2.44 bits per heavy atom. The van der Waals surface area contributed by atoms with Gasteiger partial charge in [0, 0.05) is 0 Å². The van der Waals surface area contributed by atoms with Gasteiger partial charge < -0.3 is 10.8 Å². The smallest absolute Gasteiger partial charge is 0.162 e. The lowest BCUT2D eigenvalue weighted by Crippen LogP contribution is -2.32. The minimum atomic E-state index is -0.790. The number of hydrogen-bond acceptors (Lipinski definition) is 3. The first-order valence-corrected chi connectivity index (χ1v) is 3.56. The molecule has 0 aromatic heterocycles. The Kier molecular flexibility index (Phi) is 0.773. The Balaban J connectivity index is 2.40. The lowest BCUT2D eigenvalue weighted by Gasteiger charge is -2.08. The molecule has 3 heteroatoms. The van der Waals surface area contributed by atoms with Gasteiger partial charge in [-0.2, -0.15) is 0 Å². The van der Waals surface area contributed by atoms with Gasteiger partial charge in [0.15, 0.2) is 4.93 Å². The van der Waals surface area contributed by atoms with E-state index in [1.807, 2.05) is 18.2 Å². The summed E-state index contributed by atoms with van der Waals surface area (Å²) in [6, 6.07) is 0. The van der Waals surface area contributed by atoms with Gasteiger partial charge in [-0.15, -0.1) is 0 Å². The quantitative estimate of drug-likeness (QED) is 0.474. The number of rotatable bonds is 0. The standard InChI is InChI=1S/C6H7NOS/c7-5-3-1-2-4-6(5,8)9-5/h1-4,8H,7H2. The van der Waals surface area contributed by atoms with Crippen LogP contribution in [0.2, 0.25) is 0 Å². The highest BCUT2D eigenvalue weighted by atomic mass is 32.2. The van der Waals surface area contributed by atoms with Crippen molar-refractivity contribution in [2.45, 2.75) is 9.80 Å². The van der Waals surface area contributed by atoms with Crippen molar-refractivity contribution >= 4 is 11.8 Å². The van der Waals surface area contributed by atoms with Crippen LogP contribution in [0.15, 0.2) is 24.3 Å². The molecule has 2 aliphatic rings. The van der Waals surface area contributed by atoms with Crippen LogP contribution in [-0.2, 0) is 0 Å². The van der Waals surface area contributed by atoms with E-state index in [1.165, 1.54) is 11.8 Å². The summed E-state index contributed by atoms with van der Waals surface area (Å²) < 4.78 is 0. The molecule has 2 atom stereocenters. The summed E-state index contributed by atoms with van der Waals surface area (Å²) in [6.07, 6.45) is 7.20. The minimum absolute atomic E-state index is 0.512. The third kappa shape index (κ3) is 0.542. The summed E-state index contributed by atoms with van der Waals surface area (Å²) in [5.74, 6) is 0. The van der Waals surface area contributed by atoms with Crippen LogP contribution in [-0.4, -0.2) is 14.9 Å². The molecule has 48 valence electrons. The summed E-state index contributed by atoms with van der Waals surface area (Å²) in [6.45, 7) is 0. The second-order valence-corrected chi connectivity index (χ2v) is 3.81. The maximum Gasteiger partial charge on any atom is 0.162 e. The Morgan fingerprint density at radius 2 is 2.00 bits per heavy atom. The SMILES string of the molecule is NC12C=CC=CC1(O)S2. The zero-order chi connectivity index (χ0) is 6.54. The van der Waals surface area contributed by atoms with Gasteiger partial charge in [-0.05, 0) is 6.08 Å². The van der Waals surface area contributed by atoms with E-state index < -0.39 is 9.80 Å². The van der Waals surface area contributed by atoms with Crippen molar-refractivity contribution in [1.29, 1.82) is 0 Å². The molecule has 1 saturated heterocycles. The van der Waals surface area contributed by atoms with E-state index in [9.17, 15) is 5.11 Å². The molecule has 0 spiro atoms. The maximum atomic E-state index is 9.41. The number of hydrogen-bond donors (Lipinski definition) is 2. The molecule has 1 fully saturated rings. The van der Waals surface area contributed by atoms with Crippen LogP contribution in [0.25, 0.3) is 0 Å². The van der Waals surface area contributed by atoms with E-state index in [1.54, 1.807) is 6.08 Å². The van der Waals surface area contributed by atoms with Crippen molar-refractivity contribution in [3.05, 3.63) is 24.3 Å². The first-order valence-electron chi connectivity index (χ1n) is 2.75. The van der Waals surface area contributed by atoms with E-state index in [-0.39, 0.29) is 0 Å². The summed E-state index contributed by atoms with van der Waals surface area (Å²) in [5, 5.41) is 9.41. The number of nitrogens with two attached hydrogens (primary N) is 1. The molecule has 0 aromatic carbocycles. The van der Waals surface area contributed by atoms with Gasteiger partial charge in [0.25, 0.3) is 0 Å². The number of thioether (sulfide) groups is 1. The fourth-order valence-corrected chi connectivity index (χ4v) is 1.83. The Hall–Kier alpha value is -0.250. The van der Waals surface area contributed by atoms with Gasteiger partial charge in [-0.1, -0.05) is 30.0 Å². The van der Waals surface area contributed by atoms with E-state index in [0.717, 1.165) is 0 Å². The summed E-state index contributed by atoms with van der Waals surface area (Å²) in [7, 11) is 0. The molecule has 3 N–H and O–H groups in total. The largest absolute Gasteiger partial charge is 0.373 e. The van der Waals surface area contributed by atoms with Crippen LogP contribution in [0.1, 0.15) is 0 Å². The summed E-state index contributed by atoms with van der Waals surface area (Å²) in [4.78, 5) is -1.30. The fraction of sp³-hybridized carbons (Fsp3) is 0.333. The van der Waals surface area contributed by atoms with Gasteiger partial charge in [0.2, 0.25) is 0 Å². The first-order chi connectivity index (χ1) is 4.16. The van der Waals surface area contributed by atoms with Crippen molar-refractivity contribution in [2.24, 2.45) is 5.73 Å². The molecule has 1 aliphatic carbocycles. The van der Waals surface area contributed by atoms with Crippen molar-refractivity contribution in [3.63, 3.8) is 0 Å². The average Bonchev–Trinajstić information content (AvgIpc) is 2.33. The van der Waals surface area contributed by atoms with E-state index in [4.69, 9.17) is 5.73 Å². The molecule has 1 aliphatic heterocycles. The maximum absolute atomic E-state index is 9.41. The third-order valence-electron chi connectivity index (χ3n) is 1.62. The van der Waals surface area contributed by atoms with Gasteiger partial charge in [0.05, 0.1) is 0 Å². The first kappa shape index (κ1) is 5.53. The minimum Gasteiger partial charge on any atom is -0.373 e. The van der Waals surface area contributed by atoms with Crippen LogP contribution in [0.3, 0.4) is 0 Å². The van der Waals surface area contributed by atoms with Crippen LogP contribution in [0, 0.1) is 0 Å².